The molecule has 1 unspecified atom stereocenters. The van der Waals surface area contributed by atoms with Gasteiger partial charge in [0.05, 0.1) is 5.75 Å². The fourth-order valence-corrected chi connectivity index (χ4v) is 1.92. The maximum Gasteiger partial charge on any atom is 0.264 e. The number of rotatable bonds is 5. The van der Waals surface area contributed by atoms with Crippen molar-refractivity contribution in [3.63, 3.8) is 0 Å². The lowest BCUT2D eigenvalue weighted by atomic mass is 10.1. The summed E-state index contributed by atoms with van der Waals surface area (Å²) in [5.41, 5.74) is 6.81. The average Bonchev–Trinajstić information content (AvgIpc) is 2.15. The van der Waals surface area contributed by atoms with E-state index in [0.29, 0.717) is 6.42 Å². The minimum Gasteiger partial charge on any atom is -0.327 e. The Morgan fingerprint density at radius 3 is 2.40 bits per heavy atom. The molecule has 1 rings (SSSR count). The van der Waals surface area contributed by atoms with E-state index in [1.54, 1.807) is 0 Å². The van der Waals surface area contributed by atoms with Crippen LogP contribution in [0, 0.1) is 0 Å². The van der Waals surface area contributed by atoms with Crippen LogP contribution < -0.4 is 5.73 Å². The molecule has 0 bridgehead atoms. The molecule has 0 heterocycles. The zero-order chi connectivity index (χ0) is 11.3. The minimum atomic E-state index is -3.89. The molecule has 1 aromatic carbocycles. The Labute approximate surface area is 89.9 Å². The quantitative estimate of drug-likeness (QED) is 0.733. The third-order valence-corrected chi connectivity index (χ3v) is 2.84. The summed E-state index contributed by atoms with van der Waals surface area (Å²) in [6, 6.07) is 9.36. The van der Waals surface area contributed by atoms with Crippen LogP contribution in [0.25, 0.3) is 0 Å². The summed E-state index contributed by atoms with van der Waals surface area (Å²) in [6.07, 6.45) is 0.893. The molecule has 0 saturated carbocycles. The van der Waals surface area contributed by atoms with Gasteiger partial charge in [-0.2, -0.15) is 8.42 Å². The monoisotopic (exact) mass is 229 g/mol. The second-order valence-corrected chi connectivity index (χ2v) is 5.10. The molecule has 4 nitrogen and oxygen atoms in total. The van der Waals surface area contributed by atoms with Crippen molar-refractivity contribution in [3.05, 3.63) is 35.9 Å². The van der Waals surface area contributed by atoms with E-state index in [4.69, 9.17) is 10.3 Å². The Hall–Kier alpha value is -0.910. The summed E-state index contributed by atoms with van der Waals surface area (Å²) < 4.78 is 29.5. The summed E-state index contributed by atoms with van der Waals surface area (Å²) in [7, 11) is -3.89. The van der Waals surface area contributed by atoms with Crippen molar-refractivity contribution in [2.45, 2.75) is 18.9 Å². The lowest BCUT2D eigenvalue weighted by Gasteiger charge is -2.10. The Bertz CT molecular complexity index is 388. The second-order valence-electron chi connectivity index (χ2n) is 3.52. The lowest BCUT2D eigenvalue weighted by Crippen LogP contribution is -2.25. The van der Waals surface area contributed by atoms with E-state index in [2.05, 4.69) is 0 Å². The molecular formula is C10H15NO3S. The highest BCUT2D eigenvalue weighted by Crippen LogP contribution is 2.04. The van der Waals surface area contributed by atoms with Gasteiger partial charge in [0, 0.05) is 6.04 Å². The Balaban J connectivity index is 2.40. The normalized spacial score (nSPS) is 13.7. The Morgan fingerprint density at radius 2 is 1.87 bits per heavy atom. The molecular weight excluding hydrogens is 214 g/mol. The van der Waals surface area contributed by atoms with Crippen LogP contribution in [-0.4, -0.2) is 24.8 Å². The number of hydrogen-bond donors (Lipinski definition) is 2. The van der Waals surface area contributed by atoms with Crippen molar-refractivity contribution in [3.8, 4) is 0 Å². The van der Waals surface area contributed by atoms with Crippen LogP contribution in [0.2, 0.25) is 0 Å². The van der Waals surface area contributed by atoms with E-state index in [9.17, 15) is 8.42 Å². The smallest absolute Gasteiger partial charge is 0.264 e. The molecule has 3 N–H and O–H groups in total. The molecule has 0 aliphatic carbocycles. The highest BCUT2D eigenvalue weighted by Gasteiger charge is 2.09. The van der Waals surface area contributed by atoms with Gasteiger partial charge in [0.25, 0.3) is 10.1 Å². The molecule has 0 radical (unpaired) electrons. The number of hydrogen-bond acceptors (Lipinski definition) is 3. The van der Waals surface area contributed by atoms with Crippen LogP contribution in [0.3, 0.4) is 0 Å². The molecule has 0 aromatic heterocycles. The number of benzene rings is 1. The largest absolute Gasteiger partial charge is 0.327 e. The summed E-state index contributed by atoms with van der Waals surface area (Å²) in [6.45, 7) is 0. The van der Waals surface area contributed by atoms with Gasteiger partial charge in [-0.3, -0.25) is 4.55 Å². The maximum atomic E-state index is 10.5. The van der Waals surface area contributed by atoms with E-state index < -0.39 is 10.1 Å². The van der Waals surface area contributed by atoms with Crippen molar-refractivity contribution in [2.24, 2.45) is 5.73 Å². The molecule has 15 heavy (non-hydrogen) atoms. The van der Waals surface area contributed by atoms with Gasteiger partial charge in [-0.15, -0.1) is 0 Å². The highest BCUT2D eigenvalue weighted by molar-refractivity contribution is 7.85. The number of nitrogens with two attached hydrogens (primary N) is 1. The van der Waals surface area contributed by atoms with Gasteiger partial charge in [-0.25, -0.2) is 0 Å². The zero-order valence-electron chi connectivity index (χ0n) is 8.33. The first-order valence-corrected chi connectivity index (χ1v) is 6.33. The Kier molecular flexibility index (Phi) is 4.26. The molecule has 1 atom stereocenters. The van der Waals surface area contributed by atoms with Crippen molar-refractivity contribution < 1.29 is 13.0 Å². The molecule has 1 aromatic rings. The Morgan fingerprint density at radius 1 is 1.27 bits per heavy atom. The standard InChI is InChI=1S/C10H15NO3S/c11-10(6-7-15(12,13)14)8-9-4-2-1-3-5-9/h1-5,10H,6-8,11H2,(H,12,13,14). The van der Waals surface area contributed by atoms with Crippen molar-refractivity contribution in [1.29, 1.82) is 0 Å². The van der Waals surface area contributed by atoms with Gasteiger partial charge in [-0.1, -0.05) is 30.3 Å². The van der Waals surface area contributed by atoms with Crippen LogP contribution in [0.1, 0.15) is 12.0 Å². The lowest BCUT2D eigenvalue weighted by molar-refractivity contribution is 0.476. The molecule has 0 fully saturated rings. The average molecular weight is 229 g/mol. The van der Waals surface area contributed by atoms with Gasteiger partial charge in [0.15, 0.2) is 0 Å². The van der Waals surface area contributed by atoms with E-state index in [0.717, 1.165) is 5.56 Å². The van der Waals surface area contributed by atoms with Crippen molar-refractivity contribution in [2.75, 3.05) is 5.75 Å². The first kappa shape index (κ1) is 12.2. The van der Waals surface area contributed by atoms with Gasteiger partial charge < -0.3 is 5.73 Å². The topological polar surface area (TPSA) is 80.4 Å². The van der Waals surface area contributed by atoms with Crippen molar-refractivity contribution in [1.82, 2.24) is 0 Å². The molecule has 0 saturated heterocycles. The summed E-state index contributed by atoms with van der Waals surface area (Å²) in [4.78, 5) is 0. The van der Waals surface area contributed by atoms with Crippen LogP contribution >= 0.6 is 0 Å². The SMILES string of the molecule is NC(CCS(=O)(=O)O)Cc1ccccc1. The minimum absolute atomic E-state index is 0.241. The third kappa shape index (κ3) is 5.51. The van der Waals surface area contributed by atoms with E-state index >= 15 is 0 Å². The maximum absolute atomic E-state index is 10.5. The third-order valence-electron chi connectivity index (χ3n) is 2.09. The first-order valence-electron chi connectivity index (χ1n) is 4.72. The summed E-state index contributed by atoms with van der Waals surface area (Å²) >= 11 is 0. The van der Waals surface area contributed by atoms with E-state index in [-0.39, 0.29) is 18.2 Å². The van der Waals surface area contributed by atoms with Crippen molar-refractivity contribution >= 4 is 10.1 Å². The first-order chi connectivity index (χ1) is 6.97. The molecule has 0 aliphatic heterocycles. The summed E-state index contributed by atoms with van der Waals surface area (Å²) in [5.74, 6) is -0.277. The van der Waals surface area contributed by atoms with Gasteiger partial charge >= 0.3 is 0 Å². The van der Waals surface area contributed by atoms with Gasteiger partial charge in [0.1, 0.15) is 0 Å². The second kappa shape index (κ2) is 5.25. The molecule has 0 amide bonds. The highest BCUT2D eigenvalue weighted by atomic mass is 32.2. The molecule has 84 valence electrons. The zero-order valence-corrected chi connectivity index (χ0v) is 9.15. The molecule has 0 spiro atoms. The van der Waals surface area contributed by atoms with Crippen LogP contribution in [0.4, 0.5) is 0 Å². The summed E-state index contributed by atoms with van der Waals surface area (Å²) in [5, 5.41) is 0. The van der Waals surface area contributed by atoms with Crippen LogP contribution in [0.15, 0.2) is 30.3 Å². The van der Waals surface area contributed by atoms with Crippen LogP contribution in [0.5, 0.6) is 0 Å². The van der Waals surface area contributed by atoms with E-state index in [1.165, 1.54) is 0 Å². The predicted molar refractivity (Wildman–Crippen MR) is 59.2 cm³/mol. The van der Waals surface area contributed by atoms with Crippen LogP contribution in [-0.2, 0) is 16.5 Å². The van der Waals surface area contributed by atoms with Gasteiger partial charge in [0.2, 0.25) is 0 Å². The predicted octanol–water partition coefficient (Wildman–Crippen LogP) is 0.834. The fraction of sp³-hybridized carbons (Fsp3) is 0.400. The molecule has 5 heteroatoms. The van der Waals surface area contributed by atoms with E-state index in [1.807, 2.05) is 30.3 Å². The van der Waals surface area contributed by atoms with Gasteiger partial charge in [-0.05, 0) is 18.4 Å². The molecule has 0 aliphatic rings. The fourth-order valence-electron chi connectivity index (χ4n) is 1.32.